The summed E-state index contributed by atoms with van der Waals surface area (Å²) in [6, 6.07) is 29.6. The number of fused-ring (bicyclic) bond motifs is 5. The summed E-state index contributed by atoms with van der Waals surface area (Å²) in [5.74, 6) is 0. The van der Waals surface area contributed by atoms with E-state index in [0.717, 1.165) is 0 Å². The van der Waals surface area contributed by atoms with Crippen molar-refractivity contribution >= 4 is 21.4 Å². The largest absolute Gasteiger partial charge is 0.340 e. The number of ether oxygens (including phenoxy) is 1. The normalized spacial score (nSPS) is 31.3. The molecule has 0 radical (unpaired) electrons. The quantitative estimate of drug-likeness (QED) is 0.305. The Kier molecular flexibility index (Phi) is 4.63. The van der Waals surface area contributed by atoms with Crippen molar-refractivity contribution in [2.45, 2.75) is 26.2 Å². The number of hydrogen-bond acceptors (Lipinski definition) is 3. The Hall–Kier alpha value is -3.06. The van der Waals surface area contributed by atoms with Crippen molar-refractivity contribution in [2.24, 2.45) is 0 Å². The average Bonchev–Trinajstić information content (AvgIpc) is 3.31. The maximum absolute atomic E-state index is 18.0. The van der Waals surface area contributed by atoms with Crippen LogP contribution in [0, 0.1) is 0 Å². The fourth-order valence-electron chi connectivity index (χ4n) is 5.62. The molecule has 4 unspecified atom stereocenters. The van der Waals surface area contributed by atoms with E-state index in [9.17, 15) is 8.42 Å². The maximum atomic E-state index is 18.0. The summed E-state index contributed by atoms with van der Waals surface area (Å²) in [6.07, 6.45) is 0. The predicted molar refractivity (Wildman–Crippen MR) is 129 cm³/mol. The Morgan fingerprint density at radius 1 is 0.600 bits per heavy atom. The second kappa shape index (κ2) is 7.23. The molecule has 7 heteroatoms. The van der Waals surface area contributed by atoms with Crippen LogP contribution in [0.5, 0.6) is 0 Å². The Morgan fingerprint density at radius 2 is 1.00 bits per heavy atom. The lowest BCUT2D eigenvalue weighted by Gasteiger charge is -2.45. The first-order valence-corrected chi connectivity index (χ1v) is 12.9. The highest BCUT2D eigenvalue weighted by atomic mass is 35.5. The first-order valence-electron chi connectivity index (χ1n) is 11.0. The van der Waals surface area contributed by atoms with E-state index in [1.165, 1.54) is 36.4 Å². The molecule has 2 bridgehead atoms. The standard InChI is InChI=1S/C28H19ClF2O3S/c29-27(30)25(20-12-4-1-5-13-20)23-18-10-11-19-24(23)26(34-25,21-14-6-2-7-15-21)28(27,31)35(32,33)22-16-8-3-9-17-22/h1-19H. The molecular formula is C28H19ClF2O3S. The third-order valence-electron chi connectivity index (χ3n) is 7.08. The van der Waals surface area contributed by atoms with Crippen LogP contribution in [0.2, 0.25) is 0 Å². The second-order valence-electron chi connectivity index (χ2n) is 8.73. The van der Waals surface area contributed by atoms with Crippen molar-refractivity contribution in [2.75, 3.05) is 0 Å². The zero-order valence-corrected chi connectivity index (χ0v) is 19.8. The molecule has 0 spiro atoms. The topological polar surface area (TPSA) is 43.4 Å². The van der Waals surface area contributed by atoms with E-state index >= 15 is 8.78 Å². The number of alkyl halides is 3. The minimum Gasteiger partial charge on any atom is -0.340 e. The van der Waals surface area contributed by atoms with E-state index in [0.29, 0.717) is 0 Å². The van der Waals surface area contributed by atoms with Crippen LogP contribution in [-0.2, 0) is 25.8 Å². The summed E-state index contributed by atoms with van der Waals surface area (Å²) in [6.45, 7) is 0. The van der Waals surface area contributed by atoms with Crippen LogP contribution in [0.25, 0.3) is 0 Å². The van der Waals surface area contributed by atoms with Gasteiger partial charge in [0, 0.05) is 0 Å². The van der Waals surface area contributed by atoms with Gasteiger partial charge in [0.15, 0.2) is 11.2 Å². The Morgan fingerprint density at radius 3 is 1.51 bits per heavy atom. The van der Waals surface area contributed by atoms with Crippen LogP contribution in [0.4, 0.5) is 8.78 Å². The van der Waals surface area contributed by atoms with Gasteiger partial charge in [-0.2, -0.15) is 0 Å². The predicted octanol–water partition coefficient (Wildman–Crippen LogP) is 6.26. The third-order valence-corrected chi connectivity index (χ3v) is 9.92. The molecule has 0 aromatic heterocycles. The van der Waals surface area contributed by atoms with Gasteiger partial charge in [0.25, 0.3) is 5.13 Å². The minimum atomic E-state index is -5.07. The Labute approximate surface area is 206 Å². The first kappa shape index (κ1) is 22.4. The van der Waals surface area contributed by atoms with Gasteiger partial charge in [0.2, 0.25) is 9.84 Å². The number of sulfone groups is 1. The van der Waals surface area contributed by atoms with Crippen LogP contribution >= 0.6 is 11.6 Å². The average molecular weight is 509 g/mol. The zero-order valence-electron chi connectivity index (χ0n) is 18.2. The van der Waals surface area contributed by atoms with Crippen molar-refractivity contribution in [3.63, 3.8) is 0 Å². The Bertz CT molecular complexity index is 1530. The van der Waals surface area contributed by atoms with E-state index in [4.69, 9.17) is 16.3 Å². The minimum absolute atomic E-state index is 0.146. The molecule has 1 fully saturated rings. The molecule has 6 rings (SSSR count). The van der Waals surface area contributed by atoms with Crippen LogP contribution in [0.1, 0.15) is 22.3 Å². The molecule has 35 heavy (non-hydrogen) atoms. The lowest BCUT2D eigenvalue weighted by molar-refractivity contribution is -0.0690. The van der Waals surface area contributed by atoms with Gasteiger partial charge in [0.05, 0.1) is 4.90 Å². The third kappa shape index (κ3) is 2.40. The lowest BCUT2D eigenvalue weighted by atomic mass is 9.69. The summed E-state index contributed by atoms with van der Waals surface area (Å²) in [5.41, 5.74) is -3.77. The van der Waals surface area contributed by atoms with E-state index in [1.54, 1.807) is 78.9 Å². The SMILES string of the molecule is O=S(=O)(c1ccccc1)C1(F)C2(c3ccccc3)OC(c3ccccc3)(c3ccccc32)C1(F)Cl. The summed E-state index contributed by atoms with van der Waals surface area (Å²) in [5, 5.41) is -7.28. The van der Waals surface area contributed by atoms with Gasteiger partial charge in [-0.25, -0.2) is 17.2 Å². The first-order chi connectivity index (χ1) is 16.7. The summed E-state index contributed by atoms with van der Waals surface area (Å²) >= 11 is 6.62. The van der Waals surface area contributed by atoms with Gasteiger partial charge < -0.3 is 4.74 Å². The van der Waals surface area contributed by atoms with Gasteiger partial charge >= 0.3 is 5.00 Å². The molecule has 2 heterocycles. The van der Waals surface area contributed by atoms with Crippen LogP contribution in [-0.4, -0.2) is 18.5 Å². The van der Waals surface area contributed by atoms with Gasteiger partial charge in [-0.1, -0.05) is 115 Å². The van der Waals surface area contributed by atoms with E-state index < -0.39 is 36.1 Å². The molecule has 4 atom stereocenters. The molecule has 3 nitrogen and oxygen atoms in total. The maximum Gasteiger partial charge on any atom is 0.302 e. The Balaban J connectivity index is 1.81. The molecule has 4 aromatic carbocycles. The number of hydrogen-bond donors (Lipinski definition) is 0. The van der Waals surface area contributed by atoms with Crippen LogP contribution in [0.15, 0.2) is 120 Å². The van der Waals surface area contributed by atoms with Crippen molar-refractivity contribution in [3.8, 4) is 0 Å². The van der Waals surface area contributed by atoms with E-state index in [-0.39, 0.29) is 22.3 Å². The summed E-state index contributed by atoms with van der Waals surface area (Å²) in [7, 11) is -5.07. The molecule has 2 aliphatic rings. The number of halogens is 3. The summed E-state index contributed by atoms with van der Waals surface area (Å²) in [4.78, 5) is -0.391. The number of benzene rings is 4. The fourth-order valence-corrected chi connectivity index (χ4v) is 8.27. The smallest absolute Gasteiger partial charge is 0.302 e. The number of rotatable bonds is 4. The van der Waals surface area contributed by atoms with Gasteiger partial charge in [0.1, 0.15) is 0 Å². The highest BCUT2D eigenvalue weighted by molar-refractivity contribution is 7.93. The van der Waals surface area contributed by atoms with Crippen molar-refractivity contribution < 1.29 is 21.9 Å². The van der Waals surface area contributed by atoms with Crippen molar-refractivity contribution in [1.82, 2.24) is 0 Å². The summed E-state index contributed by atoms with van der Waals surface area (Å²) < 4.78 is 70.1. The van der Waals surface area contributed by atoms with Crippen LogP contribution in [0.3, 0.4) is 0 Å². The monoisotopic (exact) mass is 508 g/mol. The molecular weight excluding hydrogens is 490 g/mol. The van der Waals surface area contributed by atoms with E-state index in [2.05, 4.69) is 0 Å². The molecule has 0 amide bonds. The second-order valence-corrected chi connectivity index (χ2v) is 11.3. The highest BCUT2D eigenvalue weighted by Gasteiger charge is 2.92. The van der Waals surface area contributed by atoms with Gasteiger partial charge in [-0.05, 0) is 34.4 Å². The lowest BCUT2D eigenvalue weighted by Crippen LogP contribution is -2.64. The van der Waals surface area contributed by atoms with Gasteiger partial charge in [-0.3, -0.25) is 0 Å². The molecule has 4 aromatic rings. The molecule has 2 aliphatic heterocycles. The van der Waals surface area contributed by atoms with Gasteiger partial charge in [-0.15, -0.1) is 0 Å². The fraction of sp³-hybridized carbons (Fsp3) is 0.143. The molecule has 0 aliphatic carbocycles. The van der Waals surface area contributed by atoms with Crippen molar-refractivity contribution in [3.05, 3.63) is 138 Å². The van der Waals surface area contributed by atoms with E-state index in [1.807, 2.05) is 0 Å². The molecule has 176 valence electrons. The zero-order chi connectivity index (χ0) is 24.5. The van der Waals surface area contributed by atoms with Crippen molar-refractivity contribution in [1.29, 1.82) is 0 Å². The van der Waals surface area contributed by atoms with Crippen LogP contribution < -0.4 is 0 Å². The molecule has 0 saturated carbocycles. The highest BCUT2D eigenvalue weighted by Crippen LogP contribution is 2.77. The molecule has 0 N–H and O–H groups in total. The molecule has 1 saturated heterocycles.